The summed E-state index contributed by atoms with van der Waals surface area (Å²) in [7, 11) is -4.19. The van der Waals surface area contributed by atoms with E-state index >= 15 is 0 Å². The van der Waals surface area contributed by atoms with E-state index in [1.165, 1.54) is 25.6 Å². The Morgan fingerprint density at radius 2 is 1.52 bits per heavy atom. The molecule has 2 heterocycles. The van der Waals surface area contributed by atoms with Crippen molar-refractivity contribution in [3.63, 3.8) is 0 Å². The quantitative estimate of drug-likeness (QED) is 0.443. The predicted octanol–water partition coefficient (Wildman–Crippen LogP) is 1.51. The van der Waals surface area contributed by atoms with Gasteiger partial charge in [-0.25, -0.2) is 0 Å². The summed E-state index contributed by atoms with van der Waals surface area (Å²) in [6.45, 7) is 0. The van der Waals surface area contributed by atoms with Crippen LogP contribution in [-0.4, -0.2) is 14.0 Å². The van der Waals surface area contributed by atoms with E-state index < -0.39 is 10.2 Å². The van der Waals surface area contributed by atoms with Gasteiger partial charge in [0.15, 0.2) is 0 Å². The molecule has 0 aliphatic heterocycles. The molecule has 5 nitrogen and oxygen atoms in total. The molecule has 4 rings (SSSR count). The van der Waals surface area contributed by atoms with Crippen LogP contribution in [0.2, 0.25) is 0 Å². The fourth-order valence-electron chi connectivity index (χ4n) is 2.24. The van der Waals surface area contributed by atoms with Gasteiger partial charge in [0.1, 0.15) is 4.70 Å². The van der Waals surface area contributed by atoms with Crippen LogP contribution in [0, 0.1) is 10.2 Å². The molecule has 0 aliphatic rings. The summed E-state index contributed by atoms with van der Waals surface area (Å²) in [4.78, 5) is 0. The first kappa shape index (κ1) is 16.3. The standard InChI is InChI=1S/C15H10NS2.ClH3O4/c1-2-6-11(7-3-1)13-10-17-15-16(13)12-8-4-5-9-14(12)18-15;2-1(3,4)5/h1-10H;2-4H/q+1;. The number of benzene rings is 2. The Balaban J connectivity index is 0.000000276. The minimum absolute atomic E-state index is 1.28. The molecular weight excluding hydrogens is 358 g/mol. The van der Waals surface area contributed by atoms with Crippen LogP contribution in [0.4, 0.5) is 0 Å². The van der Waals surface area contributed by atoms with E-state index in [4.69, 9.17) is 18.6 Å². The zero-order chi connectivity index (χ0) is 16.4. The molecule has 8 heteroatoms. The minimum atomic E-state index is -4.19. The molecule has 0 radical (unpaired) electrons. The van der Waals surface area contributed by atoms with E-state index in [2.05, 4.69) is 64.4 Å². The molecule has 0 spiro atoms. The molecule has 2 aromatic heterocycles. The maximum absolute atomic E-state index is 8.83. The summed E-state index contributed by atoms with van der Waals surface area (Å²) in [6.07, 6.45) is 0. The second-order valence-electron chi connectivity index (χ2n) is 4.59. The number of hydrogen-bond acceptors (Lipinski definition) is 6. The van der Waals surface area contributed by atoms with Gasteiger partial charge in [0.25, 0.3) is 0 Å². The topological polar surface area (TPSA) is 87.8 Å². The molecule has 0 saturated heterocycles. The average Bonchev–Trinajstić information content (AvgIpc) is 3.05. The average molecular weight is 371 g/mol. The van der Waals surface area contributed by atoms with Crippen LogP contribution in [-0.2, 0) is 0 Å². The Labute approximate surface area is 141 Å². The summed E-state index contributed by atoms with van der Waals surface area (Å²) in [5.41, 5.74) is 3.86. The largest absolute Gasteiger partial charge is 0.326 e. The monoisotopic (exact) mass is 370 g/mol. The molecule has 23 heavy (non-hydrogen) atoms. The van der Waals surface area contributed by atoms with Crippen LogP contribution in [0.3, 0.4) is 0 Å². The fourth-order valence-corrected chi connectivity index (χ4v) is 4.48. The third-order valence-corrected chi connectivity index (χ3v) is 5.25. The number of nitrogens with zero attached hydrogens (tertiary/aromatic N) is 1. The molecule has 0 saturated carbocycles. The maximum atomic E-state index is 8.83. The fraction of sp³-hybridized carbons (Fsp3) is 0. The van der Waals surface area contributed by atoms with Gasteiger partial charge in [0.05, 0.1) is 5.38 Å². The van der Waals surface area contributed by atoms with Crippen LogP contribution in [0.1, 0.15) is 0 Å². The van der Waals surface area contributed by atoms with Crippen LogP contribution in [0.15, 0.2) is 60.0 Å². The third-order valence-electron chi connectivity index (χ3n) is 3.07. The van der Waals surface area contributed by atoms with Crippen molar-refractivity contribution < 1.29 is 33.3 Å². The van der Waals surface area contributed by atoms with Crippen molar-refractivity contribution in [2.24, 2.45) is 0 Å². The molecule has 3 N–H and O–H groups in total. The molecule has 0 unspecified atom stereocenters. The smallest absolute Gasteiger partial charge is 0.133 e. The van der Waals surface area contributed by atoms with Gasteiger partial charge in [-0.1, -0.05) is 53.0 Å². The van der Waals surface area contributed by atoms with Gasteiger partial charge >= 0.3 is 33.0 Å². The Kier molecular flexibility index (Phi) is 4.60. The van der Waals surface area contributed by atoms with E-state index in [1.54, 1.807) is 0 Å². The molecule has 0 atom stereocenters. The van der Waals surface area contributed by atoms with Crippen LogP contribution >= 0.6 is 22.7 Å². The number of aromatic nitrogens is 1. The number of para-hydroxylation sites is 1. The van der Waals surface area contributed by atoms with Gasteiger partial charge in [-0.3, -0.25) is 0 Å². The van der Waals surface area contributed by atoms with Gasteiger partial charge in [-0.05, 0) is 18.2 Å². The van der Waals surface area contributed by atoms with Gasteiger partial charge in [0.2, 0.25) is 11.2 Å². The van der Waals surface area contributed by atoms with Crippen molar-refractivity contribution in [3.05, 3.63) is 60.0 Å². The van der Waals surface area contributed by atoms with E-state index in [0.717, 1.165) is 0 Å². The van der Waals surface area contributed by atoms with Crippen LogP contribution in [0.5, 0.6) is 0 Å². The predicted molar refractivity (Wildman–Crippen MR) is 85.0 cm³/mol. The van der Waals surface area contributed by atoms with Crippen molar-refractivity contribution in [2.75, 3.05) is 0 Å². The Morgan fingerprint density at radius 1 is 0.913 bits per heavy atom. The summed E-state index contributed by atoms with van der Waals surface area (Å²) < 4.78 is 35.3. The van der Waals surface area contributed by atoms with Crippen molar-refractivity contribution in [1.82, 2.24) is 0 Å². The van der Waals surface area contributed by atoms with E-state index in [-0.39, 0.29) is 0 Å². The molecular formula is C15H13ClNO4S2+. The normalized spacial score (nSPS) is 12.2. The third kappa shape index (κ3) is 3.85. The van der Waals surface area contributed by atoms with Gasteiger partial charge in [-0.15, -0.1) is 4.40 Å². The first-order chi connectivity index (χ1) is 10.9. The Morgan fingerprint density at radius 3 is 2.22 bits per heavy atom. The molecule has 0 bridgehead atoms. The van der Waals surface area contributed by atoms with Crippen LogP contribution < -0.4 is 9.06 Å². The summed E-state index contributed by atoms with van der Waals surface area (Å²) in [6, 6.07) is 19.2. The molecule has 120 valence electrons. The molecule has 2 aromatic carbocycles. The first-order valence-electron chi connectivity index (χ1n) is 6.46. The Hall–Kier alpha value is -1.58. The number of halogens is 1. The molecule has 0 fully saturated rings. The second-order valence-corrected chi connectivity index (χ2v) is 7.61. The van der Waals surface area contributed by atoms with Gasteiger partial charge in [0, 0.05) is 11.6 Å². The Bertz CT molecular complexity index is 925. The maximum Gasteiger partial charge on any atom is 0.326 e. The van der Waals surface area contributed by atoms with Crippen molar-refractivity contribution in [1.29, 1.82) is 0 Å². The number of fused-ring (bicyclic) bond motifs is 3. The zero-order valence-electron chi connectivity index (χ0n) is 11.7. The van der Waals surface area contributed by atoms with E-state index in [9.17, 15) is 0 Å². The van der Waals surface area contributed by atoms with Crippen molar-refractivity contribution >= 4 is 37.0 Å². The summed E-state index contributed by atoms with van der Waals surface area (Å²) in [5.74, 6) is 0. The zero-order valence-corrected chi connectivity index (χ0v) is 14.1. The summed E-state index contributed by atoms with van der Waals surface area (Å²) in [5, 5.41) is 2.24. The van der Waals surface area contributed by atoms with Crippen molar-refractivity contribution in [3.8, 4) is 11.3 Å². The first-order valence-corrected chi connectivity index (χ1v) is 9.48. The number of hydrogen-bond donors (Lipinski definition) is 3. The minimum Gasteiger partial charge on any atom is -0.133 e. The molecule has 4 aromatic rings. The van der Waals surface area contributed by atoms with Gasteiger partial charge in [-0.2, -0.15) is 0 Å². The molecule has 0 amide bonds. The van der Waals surface area contributed by atoms with E-state index in [1.807, 2.05) is 22.7 Å². The van der Waals surface area contributed by atoms with E-state index in [0.29, 0.717) is 0 Å². The van der Waals surface area contributed by atoms with Crippen molar-refractivity contribution in [2.45, 2.75) is 0 Å². The van der Waals surface area contributed by atoms with Crippen LogP contribution in [0.25, 0.3) is 25.6 Å². The number of thiazole rings is 2. The SMILES string of the molecule is [O-][Cl+](O)(O)O.c1ccc(-c2csc3sc4ccccc4[n+]23)cc1. The van der Waals surface area contributed by atoms with Gasteiger partial charge < -0.3 is 0 Å². The number of rotatable bonds is 1. The summed E-state index contributed by atoms with van der Waals surface area (Å²) >= 11 is 3.67. The molecule has 0 aliphatic carbocycles. The second kappa shape index (κ2) is 6.50.